The van der Waals surface area contributed by atoms with Gasteiger partial charge in [-0.25, -0.2) is 0 Å². The largest absolute Gasteiger partial charge is 0.466 e. The molecular formula is C24H32N2O4. The minimum Gasteiger partial charge on any atom is -0.466 e. The summed E-state index contributed by atoms with van der Waals surface area (Å²) in [6.07, 6.45) is 0.586. The van der Waals surface area contributed by atoms with Crippen LogP contribution in [-0.2, 0) is 19.1 Å². The molecule has 0 aliphatic heterocycles. The van der Waals surface area contributed by atoms with E-state index in [1.54, 1.807) is 13.8 Å². The first-order valence-electron chi connectivity index (χ1n) is 10.5. The molecule has 2 rings (SSSR count). The third kappa shape index (κ3) is 7.97. The molecule has 2 unspecified atom stereocenters. The molecule has 6 heteroatoms. The van der Waals surface area contributed by atoms with Crippen LogP contribution in [0.4, 0.5) is 0 Å². The van der Waals surface area contributed by atoms with E-state index < -0.39 is 0 Å². The van der Waals surface area contributed by atoms with Crippen molar-refractivity contribution in [2.24, 2.45) is 0 Å². The van der Waals surface area contributed by atoms with Crippen LogP contribution in [0.2, 0.25) is 0 Å². The molecule has 2 aromatic rings. The highest BCUT2D eigenvalue weighted by atomic mass is 16.5. The monoisotopic (exact) mass is 412 g/mol. The van der Waals surface area contributed by atoms with Crippen molar-refractivity contribution in [1.82, 2.24) is 10.6 Å². The van der Waals surface area contributed by atoms with Gasteiger partial charge in [0.05, 0.1) is 38.1 Å². The van der Waals surface area contributed by atoms with E-state index in [0.717, 1.165) is 11.1 Å². The second-order valence-corrected chi connectivity index (χ2v) is 6.79. The molecule has 0 aromatic heterocycles. The summed E-state index contributed by atoms with van der Waals surface area (Å²) < 4.78 is 10.1. The second kappa shape index (κ2) is 13.5. The van der Waals surface area contributed by atoms with E-state index in [1.165, 1.54) is 0 Å². The Hall–Kier alpha value is -2.70. The van der Waals surface area contributed by atoms with E-state index in [-0.39, 0.29) is 24.0 Å². The minimum absolute atomic E-state index is 0.0924. The number of benzene rings is 2. The van der Waals surface area contributed by atoms with Gasteiger partial charge in [-0.3, -0.25) is 9.59 Å². The van der Waals surface area contributed by atoms with Crippen LogP contribution in [-0.4, -0.2) is 38.2 Å². The smallest absolute Gasteiger partial charge is 0.307 e. The summed E-state index contributed by atoms with van der Waals surface area (Å²) in [7, 11) is 0. The first-order chi connectivity index (χ1) is 14.7. The fourth-order valence-electron chi connectivity index (χ4n) is 3.30. The van der Waals surface area contributed by atoms with Gasteiger partial charge in [0.25, 0.3) is 0 Å². The molecule has 2 atom stereocenters. The van der Waals surface area contributed by atoms with Crippen molar-refractivity contribution in [1.29, 1.82) is 0 Å². The van der Waals surface area contributed by atoms with E-state index in [9.17, 15) is 9.59 Å². The molecule has 30 heavy (non-hydrogen) atoms. The highest BCUT2D eigenvalue weighted by molar-refractivity contribution is 5.69. The maximum atomic E-state index is 11.8. The van der Waals surface area contributed by atoms with E-state index in [4.69, 9.17) is 9.47 Å². The summed E-state index contributed by atoms with van der Waals surface area (Å²) in [5, 5.41) is 7.02. The first kappa shape index (κ1) is 23.6. The molecule has 2 N–H and O–H groups in total. The van der Waals surface area contributed by atoms with Gasteiger partial charge in [0, 0.05) is 13.1 Å². The number of hydrogen-bond acceptors (Lipinski definition) is 6. The predicted octanol–water partition coefficient (Wildman–Crippen LogP) is 3.55. The fourth-order valence-corrected chi connectivity index (χ4v) is 3.30. The Balaban J connectivity index is 2.18. The zero-order valence-electron chi connectivity index (χ0n) is 17.8. The van der Waals surface area contributed by atoms with E-state index in [2.05, 4.69) is 34.9 Å². The van der Waals surface area contributed by atoms with E-state index in [0.29, 0.717) is 39.1 Å². The summed E-state index contributed by atoms with van der Waals surface area (Å²) in [6, 6.07) is 20.0. The van der Waals surface area contributed by atoms with Gasteiger partial charge in [-0.1, -0.05) is 60.7 Å². The number of esters is 2. The van der Waals surface area contributed by atoms with Gasteiger partial charge in [0.2, 0.25) is 0 Å². The lowest BCUT2D eigenvalue weighted by Crippen LogP contribution is -2.37. The van der Waals surface area contributed by atoms with Gasteiger partial charge >= 0.3 is 11.9 Å². The Bertz CT molecular complexity index is 687. The van der Waals surface area contributed by atoms with E-state index in [1.807, 2.05) is 36.4 Å². The maximum Gasteiger partial charge on any atom is 0.307 e. The molecule has 0 aliphatic rings. The maximum absolute atomic E-state index is 11.8. The second-order valence-electron chi connectivity index (χ2n) is 6.79. The van der Waals surface area contributed by atoms with Crippen LogP contribution in [0.25, 0.3) is 0 Å². The molecule has 0 saturated carbocycles. The summed E-state index contributed by atoms with van der Waals surface area (Å²) >= 11 is 0. The first-order valence-corrected chi connectivity index (χ1v) is 10.5. The molecular weight excluding hydrogens is 380 g/mol. The van der Waals surface area contributed by atoms with Crippen molar-refractivity contribution in [3.63, 3.8) is 0 Å². The van der Waals surface area contributed by atoms with Crippen LogP contribution in [0.15, 0.2) is 60.7 Å². The van der Waals surface area contributed by atoms with Crippen molar-refractivity contribution in [2.45, 2.75) is 38.8 Å². The van der Waals surface area contributed by atoms with Gasteiger partial charge in [0.1, 0.15) is 0 Å². The molecule has 0 radical (unpaired) electrons. The molecule has 0 heterocycles. The van der Waals surface area contributed by atoms with Gasteiger partial charge in [-0.15, -0.1) is 0 Å². The Morgan fingerprint density at radius 2 is 1.07 bits per heavy atom. The SMILES string of the molecule is CCOC(=O)CCNC(c1ccccc1)C(NCCC(=O)OCC)c1ccccc1. The third-order valence-corrected chi connectivity index (χ3v) is 4.65. The van der Waals surface area contributed by atoms with Crippen molar-refractivity contribution >= 4 is 11.9 Å². The average Bonchev–Trinajstić information content (AvgIpc) is 2.76. The van der Waals surface area contributed by atoms with E-state index >= 15 is 0 Å². The molecule has 0 aliphatic carbocycles. The van der Waals surface area contributed by atoms with Crippen LogP contribution in [0.3, 0.4) is 0 Å². The molecule has 162 valence electrons. The number of carbonyl (C=O) groups excluding carboxylic acids is 2. The van der Waals surface area contributed by atoms with Gasteiger partial charge in [0.15, 0.2) is 0 Å². The van der Waals surface area contributed by atoms with Crippen LogP contribution >= 0.6 is 0 Å². The summed E-state index contributed by atoms with van der Waals surface area (Å²) in [6.45, 7) is 5.34. The normalized spacial score (nSPS) is 12.7. The molecule has 6 nitrogen and oxygen atoms in total. The number of hydrogen-bond donors (Lipinski definition) is 2. The lowest BCUT2D eigenvalue weighted by atomic mass is 9.93. The predicted molar refractivity (Wildman–Crippen MR) is 117 cm³/mol. The van der Waals surface area contributed by atoms with Crippen LogP contribution < -0.4 is 10.6 Å². The topological polar surface area (TPSA) is 76.7 Å². The average molecular weight is 413 g/mol. The Labute approximate surface area is 179 Å². The number of nitrogens with one attached hydrogen (secondary N) is 2. The number of rotatable bonds is 13. The minimum atomic E-state index is -0.219. The Kier molecular flexibility index (Phi) is 10.6. The number of carbonyl (C=O) groups is 2. The van der Waals surface area contributed by atoms with Crippen LogP contribution in [0.1, 0.15) is 49.9 Å². The lowest BCUT2D eigenvalue weighted by molar-refractivity contribution is -0.144. The fraction of sp³-hybridized carbons (Fsp3) is 0.417. The zero-order valence-corrected chi connectivity index (χ0v) is 17.8. The standard InChI is InChI=1S/C24H32N2O4/c1-3-29-21(27)15-17-25-23(19-11-7-5-8-12-19)24(20-13-9-6-10-14-20)26-18-16-22(28)30-4-2/h5-14,23-26H,3-4,15-18H2,1-2H3. The van der Waals surface area contributed by atoms with Gasteiger partial charge in [-0.05, 0) is 25.0 Å². The quantitative estimate of drug-likeness (QED) is 0.490. The Morgan fingerprint density at radius 3 is 1.40 bits per heavy atom. The zero-order chi connectivity index (χ0) is 21.6. The lowest BCUT2D eigenvalue weighted by Gasteiger charge is -2.30. The molecule has 0 fully saturated rings. The van der Waals surface area contributed by atoms with Crippen molar-refractivity contribution < 1.29 is 19.1 Å². The van der Waals surface area contributed by atoms with Crippen molar-refractivity contribution in [3.8, 4) is 0 Å². The highest BCUT2D eigenvalue weighted by Gasteiger charge is 2.24. The summed E-state index contributed by atoms with van der Waals surface area (Å²) in [4.78, 5) is 23.6. The summed E-state index contributed by atoms with van der Waals surface area (Å²) in [5.41, 5.74) is 2.19. The van der Waals surface area contributed by atoms with Crippen LogP contribution in [0.5, 0.6) is 0 Å². The molecule has 0 amide bonds. The third-order valence-electron chi connectivity index (χ3n) is 4.65. The van der Waals surface area contributed by atoms with Crippen molar-refractivity contribution in [2.75, 3.05) is 26.3 Å². The summed E-state index contributed by atoms with van der Waals surface area (Å²) in [5.74, 6) is -0.438. The van der Waals surface area contributed by atoms with Crippen molar-refractivity contribution in [3.05, 3.63) is 71.8 Å². The molecule has 0 spiro atoms. The van der Waals surface area contributed by atoms with Crippen LogP contribution in [0, 0.1) is 0 Å². The molecule has 2 aromatic carbocycles. The highest BCUT2D eigenvalue weighted by Crippen LogP contribution is 2.29. The van der Waals surface area contributed by atoms with Gasteiger partial charge < -0.3 is 20.1 Å². The number of ether oxygens (including phenoxy) is 2. The van der Waals surface area contributed by atoms with Gasteiger partial charge in [-0.2, -0.15) is 0 Å². The molecule has 0 saturated heterocycles. The Morgan fingerprint density at radius 1 is 0.700 bits per heavy atom. The molecule has 0 bridgehead atoms.